The predicted octanol–water partition coefficient (Wildman–Crippen LogP) is 4.95. The summed E-state index contributed by atoms with van der Waals surface area (Å²) < 4.78 is 15.6. The molecule has 0 bridgehead atoms. The van der Waals surface area contributed by atoms with Crippen LogP contribution in [-0.2, 0) is 19.0 Å². The molecule has 0 saturated carbocycles. The third-order valence-electron chi connectivity index (χ3n) is 3.53. The summed E-state index contributed by atoms with van der Waals surface area (Å²) in [5.41, 5.74) is -0.0587. The molecule has 0 aliphatic heterocycles. The number of carbonyl (C=O) groups excluding carboxylic acids is 2. The van der Waals surface area contributed by atoms with Gasteiger partial charge in [0.2, 0.25) is 0 Å². The molecular formula is C21H24O5. The molecule has 0 aromatic heterocycles. The first kappa shape index (κ1) is 19.5. The zero-order chi connectivity index (χ0) is 19.3. The number of benzene rings is 2. The maximum absolute atomic E-state index is 12.2. The predicted molar refractivity (Wildman–Crippen MR) is 99.8 cm³/mol. The fourth-order valence-electron chi connectivity index (χ4n) is 2.41. The average molecular weight is 356 g/mol. The Morgan fingerprint density at radius 2 is 1.73 bits per heavy atom. The summed E-state index contributed by atoms with van der Waals surface area (Å²) in [4.78, 5) is 24.3. The Kier molecular flexibility index (Phi) is 6.03. The highest BCUT2D eigenvalue weighted by Gasteiger charge is 2.28. The summed E-state index contributed by atoms with van der Waals surface area (Å²) in [6.45, 7) is 10.9. The van der Waals surface area contributed by atoms with Crippen LogP contribution in [0, 0.1) is 0 Å². The van der Waals surface area contributed by atoms with E-state index in [2.05, 4.69) is 6.58 Å². The smallest absolute Gasteiger partial charge is 0.463 e. The Morgan fingerprint density at radius 1 is 1.08 bits per heavy atom. The van der Waals surface area contributed by atoms with Gasteiger partial charge in [0.25, 0.3) is 0 Å². The zero-order valence-electron chi connectivity index (χ0n) is 15.6. The van der Waals surface area contributed by atoms with Crippen LogP contribution in [0.25, 0.3) is 10.8 Å². The van der Waals surface area contributed by atoms with Crippen LogP contribution in [0.1, 0.15) is 39.4 Å². The van der Waals surface area contributed by atoms with Gasteiger partial charge in [0.1, 0.15) is 5.60 Å². The molecule has 1 unspecified atom stereocenters. The van der Waals surface area contributed by atoms with Crippen molar-refractivity contribution >= 4 is 22.9 Å². The molecule has 2 aromatic rings. The summed E-state index contributed by atoms with van der Waals surface area (Å²) in [7, 11) is 0. The monoisotopic (exact) mass is 356 g/mol. The van der Waals surface area contributed by atoms with Gasteiger partial charge in [-0.1, -0.05) is 43.0 Å². The van der Waals surface area contributed by atoms with Gasteiger partial charge in [-0.05, 0) is 50.1 Å². The van der Waals surface area contributed by atoms with Crippen LogP contribution < -0.4 is 0 Å². The molecule has 2 aromatic carbocycles. The second-order valence-corrected chi connectivity index (χ2v) is 6.81. The third-order valence-corrected chi connectivity index (χ3v) is 3.53. The highest BCUT2D eigenvalue weighted by atomic mass is 16.7. The van der Waals surface area contributed by atoms with Gasteiger partial charge in [-0.2, -0.15) is 0 Å². The maximum atomic E-state index is 12.2. The van der Waals surface area contributed by atoms with Crippen molar-refractivity contribution in [3.8, 4) is 0 Å². The molecule has 5 heteroatoms. The molecule has 5 nitrogen and oxygen atoms in total. The Bertz CT molecular complexity index is 817. The van der Waals surface area contributed by atoms with E-state index in [4.69, 9.17) is 14.2 Å². The van der Waals surface area contributed by atoms with Crippen molar-refractivity contribution < 1.29 is 23.8 Å². The van der Waals surface area contributed by atoms with Crippen LogP contribution in [0.2, 0.25) is 0 Å². The van der Waals surface area contributed by atoms with Gasteiger partial charge in [-0.25, -0.2) is 9.59 Å². The quantitative estimate of drug-likeness (QED) is 0.560. The molecule has 0 N–H and O–H groups in total. The molecule has 0 saturated heterocycles. The van der Waals surface area contributed by atoms with Crippen molar-refractivity contribution in [1.29, 1.82) is 0 Å². The van der Waals surface area contributed by atoms with E-state index >= 15 is 0 Å². The number of esters is 1. The lowest BCUT2D eigenvalue weighted by molar-refractivity contribution is -0.139. The minimum Gasteiger partial charge on any atom is -0.463 e. The number of ether oxygens (including phenoxy) is 3. The highest BCUT2D eigenvalue weighted by Crippen LogP contribution is 2.29. The van der Waals surface area contributed by atoms with Gasteiger partial charge in [0.15, 0.2) is 6.10 Å². The van der Waals surface area contributed by atoms with Crippen molar-refractivity contribution in [2.24, 2.45) is 0 Å². The van der Waals surface area contributed by atoms with E-state index in [9.17, 15) is 9.59 Å². The molecule has 26 heavy (non-hydrogen) atoms. The Hall–Kier alpha value is -2.82. The van der Waals surface area contributed by atoms with E-state index in [1.54, 1.807) is 33.8 Å². The molecular weight excluding hydrogens is 332 g/mol. The maximum Gasteiger partial charge on any atom is 0.509 e. The molecule has 0 aliphatic carbocycles. The number of hydrogen-bond donors (Lipinski definition) is 0. The number of hydrogen-bond acceptors (Lipinski definition) is 5. The normalized spacial score (nSPS) is 12.3. The van der Waals surface area contributed by atoms with Crippen LogP contribution in [0.15, 0.2) is 54.6 Å². The first-order valence-electron chi connectivity index (χ1n) is 8.45. The summed E-state index contributed by atoms with van der Waals surface area (Å²) in [6, 6.07) is 13.3. The van der Waals surface area contributed by atoms with E-state index < -0.39 is 23.8 Å². The molecule has 0 fully saturated rings. The largest absolute Gasteiger partial charge is 0.509 e. The molecule has 2 rings (SSSR count). The Balaban J connectivity index is 2.36. The van der Waals surface area contributed by atoms with Gasteiger partial charge in [-0.15, -0.1) is 0 Å². The van der Waals surface area contributed by atoms with Gasteiger partial charge >= 0.3 is 12.1 Å². The third kappa shape index (κ3) is 5.09. The van der Waals surface area contributed by atoms with E-state index in [-0.39, 0.29) is 12.2 Å². The zero-order valence-corrected chi connectivity index (χ0v) is 15.6. The van der Waals surface area contributed by atoms with Gasteiger partial charge in [0, 0.05) is 0 Å². The number of carbonyl (C=O) groups is 2. The molecule has 1 atom stereocenters. The van der Waals surface area contributed by atoms with Crippen LogP contribution in [0.4, 0.5) is 4.79 Å². The highest BCUT2D eigenvalue weighted by molar-refractivity contribution is 5.90. The lowest BCUT2D eigenvalue weighted by Gasteiger charge is -2.23. The van der Waals surface area contributed by atoms with Gasteiger partial charge in [-0.3, -0.25) is 0 Å². The second-order valence-electron chi connectivity index (χ2n) is 6.81. The van der Waals surface area contributed by atoms with Gasteiger partial charge < -0.3 is 14.2 Å². The van der Waals surface area contributed by atoms with E-state index in [0.29, 0.717) is 5.56 Å². The molecule has 0 radical (unpaired) electrons. The summed E-state index contributed by atoms with van der Waals surface area (Å²) in [5, 5.41) is 1.99. The van der Waals surface area contributed by atoms with Crippen LogP contribution >= 0.6 is 0 Å². The van der Waals surface area contributed by atoms with Crippen molar-refractivity contribution in [3.63, 3.8) is 0 Å². The van der Waals surface area contributed by atoms with Crippen molar-refractivity contribution in [2.75, 3.05) is 6.61 Å². The molecule has 138 valence electrons. The van der Waals surface area contributed by atoms with E-state index in [1.807, 2.05) is 36.4 Å². The van der Waals surface area contributed by atoms with Crippen molar-refractivity contribution in [3.05, 3.63) is 60.2 Å². The van der Waals surface area contributed by atoms with Crippen molar-refractivity contribution in [1.82, 2.24) is 0 Å². The lowest BCUT2D eigenvalue weighted by Crippen LogP contribution is -2.27. The summed E-state index contributed by atoms with van der Waals surface area (Å²) >= 11 is 0. The molecule has 0 spiro atoms. The first-order chi connectivity index (χ1) is 12.2. The fraction of sp³-hybridized carbons (Fsp3) is 0.333. The minimum absolute atomic E-state index is 0.0352. The molecule has 0 amide bonds. The summed E-state index contributed by atoms with van der Waals surface area (Å²) in [5.74, 6) is -0.616. The SMILES string of the molecule is C=C(C(=O)OCC)C(OC(=O)OC(C)(C)C)c1ccc2ccccc2c1. The topological polar surface area (TPSA) is 61.8 Å². The minimum atomic E-state index is -0.992. The Morgan fingerprint density at radius 3 is 2.35 bits per heavy atom. The standard InChI is InChI=1S/C21H24O5/c1-6-24-19(22)14(2)18(25-20(23)26-21(3,4)5)17-12-11-15-9-7-8-10-16(15)13-17/h7-13,18H,2,6H2,1,3-5H3. The number of rotatable bonds is 5. The Labute approximate surface area is 153 Å². The van der Waals surface area contributed by atoms with Gasteiger partial charge in [0.05, 0.1) is 12.2 Å². The molecule has 0 heterocycles. The van der Waals surface area contributed by atoms with Crippen LogP contribution in [-0.4, -0.2) is 24.3 Å². The second kappa shape index (κ2) is 8.04. The van der Waals surface area contributed by atoms with E-state index in [0.717, 1.165) is 10.8 Å². The first-order valence-corrected chi connectivity index (χ1v) is 8.45. The fourth-order valence-corrected chi connectivity index (χ4v) is 2.41. The van der Waals surface area contributed by atoms with Crippen LogP contribution in [0.5, 0.6) is 0 Å². The lowest BCUT2D eigenvalue weighted by atomic mass is 9.99. The summed E-state index contributed by atoms with van der Waals surface area (Å²) in [6.07, 6.45) is -1.87. The van der Waals surface area contributed by atoms with Crippen molar-refractivity contribution in [2.45, 2.75) is 39.4 Å². The van der Waals surface area contributed by atoms with Crippen LogP contribution in [0.3, 0.4) is 0 Å². The average Bonchev–Trinajstić information content (AvgIpc) is 2.57. The number of fused-ring (bicyclic) bond motifs is 1. The molecule has 0 aliphatic rings. The van der Waals surface area contributed by atoms with E-state index in [1.165, 1.54) is 0 Å².